The average Bonchev–Trinajstić information content (AvgIpc) is 2.73. The van der Waals surface area contributed by atoms with E-state index in [0.29, 0.717) is 11.3 Å². The van der Waals surface area contributed by atoms with Gasteiger partial charge in [0.15, 0.2) is 0 Å². The van der Waals surface area contributed by atoms with Crippen LogP contribution < -0.4 is 10.7 Å². The van der Waals surface area contributed by atoms with E-state index < -0.39 is 0 Å². The zero-order valence-corrected chi connectivity index (χ0v) is 16.5. The summed E-state index contributed by atoms with van der Waals surface area (Å²) in [6, 6.07) is 15.0. The number of carbonyl (C=O) groups is 2. The highest BCUT2D eigenvalue weighted by molar-refractivity contribution is 6.02. The molecule has 0 aromatic heterocycles. The molecule has 146 valence electrons. The summed E-state index contributed by atoms with van der Waals surface area (Å²) >= 11 is 0. The summed E-state index contributed by atoms with van der Waals surface area (Å²) in [6.07, 6.45) is 5.42. The van der Waals surface area contributed by atoms with Crippen LogP contribution in [0, 0.1) is 12.8 Å². The molecule has 1 aliphatic carbocycles. The fraction of sp³-hybridized carbons (Fsp3) is 0.348. The predicted octanol–water partition coefficient (Wildman–Crippen LogP) is 4.67. The number of rotatable bonds is 5. The molecule has 0 radical (unpaired) electrons. The van der Waals surface area contributed by atoms with E-state index in [9.17, 15) is 9.59 Å². The van der Waals surface area contributed by atoms with Crippen LogP contribution >= 0.6 is 0 Å². The SMILES string of the molecule is C/C(=N/NC(=O)c1ccccc1C)c1cccc(NC(=O)C2CCCCC2)c1. The van der Waals surface area contributed by atoms with E-state index in [4.69, 9.17) is 0 Å². The largest absolute Gasteiger partial charge is 0.326 e. The van der Waals surface area contributed by atoms with Crippen LogP contribution in [0.1, 0.15) is 60.5 Å². The molecule has 0 spiro atoms. The molecule has 0 unspecified atom stereocenters. The first kappa shape index (κ1) is 19.8. The third-order valence-corrected chi connectivity index (χ3v) is 5.24. The summed E-state index contributed by atoms with van der Waals surface area (Å²) in [5.41, 5.74) is 6.41. The van der Waals surface area contributed by atoms with Gasteiger partial charge in [0.2, 0.25) is 5.91 Å². The Labute approximate surface area is 166 Å². The van der Waals surface area contributed by atoms with E-state index in [1.165, 1.54) is 6.42 Å². The number of nitrogens with one attached hydrogen (secondary N) is 2. The standard InChI is InChI=1S/C23H27N3O2/c1-16-9-6-7-14-21(16)23(28)26-25-17(2)19-12-8-13-20(15-19)24-22(27)18-10-4-3-5-11-18/h6-9,12-15,18H,3-5,10-11H2,1-2H3,(H,24,27)(H,26,28)/b25-17-. The first-order valence-electron chi connectivity index (χ1n) is 9.86. The number of nitrogens with zero attached hydrogens (tertiary/aromatic N) is 1. The van der Waals surface area contributed by atoms with Crippen LogP contribution in [0.2, 0.25) is 0 Å². The monoisotopic (exact) mass is 377 g/mol. The number of hydrogen-bond donors (Lipinski definition) is 2. The number of hydrogen-bond acceptors (Lipinski definition) is 3. The Hall–Kier alpha value is -2.95. The first-order chi connectivity index (χ1) is 13.5. The van der Waals surface area contributed by atoms with Crippen molar-refractivity contribution >= 4 is 23.2 Å². The molecule has 2 amide bonds. The summed E-state index contributed by atoms with van der Waals surface area (Å²) in [5, 5.41) is 7.25. The molecule has 2 aromatic rings. The van der Waals surface area contributed by atoms with E-state index >= 15 is 0 Å². The summed E-state index contributed by atoms with van der Waals surface area (Å²) < 4.78 is 0. The molecule has 28 heavy (non-hydrogen) atoms. The lowest BCUT2D eigenvalue weighted by Crippen LogP contribution is -2.24. The molecule has 0 saturated heterocycles. The number of hydrazone groups is 1. The van der Waals surface area contributed by atoms with Gasteiger partial charge in [-0.1, -0.05) is 49.6 Å². The normalized spacial score (nSPS) is 15.1. The molecule has 0 heterocycles. The highest BCUT2D eigenvalue weighted by Gasteiger charge is 2.21. The van der Waals surface area contributed by atoms with Crippen LogP contribution in [0.5, 0.6) is 0 Å². The van der Waals surface area contributed by atoms with Crippen LogP contribution in [0.25, 0.3) is 0 Å². The Morgan fingerprint density at radius 2 is 1.75 bits per heavy atom. The number of benzene rings is 2. The summed E-state index contributed by atoms with van der Waals surface area (Å²) in [7, 11) is 0. The lowest BCUT2D eigenvalue weighted by molar-refractivity contribution is -0.120. The van der Waals surface area contributed by atoms with Gasteiger partial charge in [-0.05, 0) is 56.0 Å². The van der Waals surface area contributed by atoms with Gasteiger partial charge < -0.3 is 5.32 Å². The average molecular weight is 377 g/mol. The number of anilines is 1. The maximum Gasteiger partial charge on any atom is 0.271 e. The predicted molar refractivity (Wildman–Crippen MR) is 113 cm³/mol. The Morgan fingerprint density at radius 1 is 1.00 bits per heavy atom. The van der Waals surface area contributed by atoms with Crippen molar-refractivity contribution in [2.24, 2.45) is 11.0 Å². The van der Waals surface area contributed by atoms with Gasteiger partial charge in [0.25, 0.3) is 5.91 Å². The zero-order chi connectivity index (χ0) is 19.9. The van der Waals surface area contributed by atoms with Gasteiger partial charge in [-0.25, -0.2) is 5.43 Å². The molecule has 0 atom stereocenters. The fourth-order valence-electron chi connectivity index (χ4n) is 3.52. The van der Waals surface area contributed by atoms with Gasteiger partial charge >= 0.3 is 0 Å². The van der Waals surface area contributed by atoms with Crippen molar-refractivity contribution in [3.63, 3.8) is 0 Å². The minimum atomic E-state index is -0.237. The Morgan fingerprint density at radius 3 is 2.50 bits per heavy atom. The minimum absolute atomic E-state index is 0.0966. The highest BCUT2D eigenvalue weighted by atomic mass is 16.2. The molecular formula is C23H27N3O2. The van der Waals surface area contributed by atoms with E-state index in [-0.39, 0.29) is 17.7 Å². The molecule has 2 N–H and O–H groups in total. The molecule has 1 aliphatic rings. The van der Waals surface area contributed by atoms with Crippen molar-refractivity contribution in [3.8, 4) is 0 Å². The van der Waals surface area contributed by atoms with Crippen molar-refractivity contribution in [2.75, 3.05) is 5.32 Å². The summed E-state index contributed by atoms with van der Waals surface area (Å²) in [5.74, 6) is -0.0286. The van der Waals surface area contributed by atoms with Gasteiger partial charge in [-0.3, -0.25) is 9.59 Å². The van der Waals surface area contributed by atoms with Crippen LogP contribution in [-0.4, -0.2) is 17.5 Å². The van der Waals surface area contributed by atoms with Gasteiger partial charge in [0, 0.05) is 17.2 Å². The number of amides is 2. The lowest BCUT2D eigenvalue weighted by atomic mass is 9.88. The maximum atomic E-state index is 12.5. The smallest absolute Gasteiger partial charge is 0.271 e. The first-order valence-corrected chi connectivity index (χ1v) is 9.86. The molecule has 0 aliphatic heterocycles. The third-order valence-electron chi connectivity index (χ3n) is 5.24. The van der Waals surface area contributed by atoms with Gasteiger partial charge in [0.1, 0.15) is 0 Å². The topological polar surface area (TPSA) is 70.6 Å². The lowest BCUT2D eigenvalue weighted by Gasteiger charge is -2.20. The second-order valence-corrected chi connectivity index (χ2v) is 7.36. The third kappa shape index (κ3) is 5.06. The van der Waals surface area contributed by atoms with Crippen LogP contribution in [0.4, 0.5) is 5.69 Å². The Bertz CT molecular complexity index is 883. The van der Waals surface area contributed by atoms with E-state index in [1.807, 2.05) is 56.3 Å². The van der Waals surface area contributed by atoms with E-state index in [1.54, 1.807) is 6.07 Å². The van der Waals surface area contributed by atoms with E-state index in [2.05, 4.69) is 15.8 Å². The number of carbonyl (C=O) groups excluding carboxylic acids is 2. The molecule has 0 bridgehead atoms. The summed E-state index contributed by atoms with van der Waals surface area (Å²) in [6.45, 7) is 3.73. The Kier molecular flexibility index (Phi) is 6.58. The molecular weight excluding hydrogens is 350 g/mol. The highest BCUT2D eigenvalue weighted by Crippen LogP contribution is 2.25. The molecule has 1 saturated carbocycles. The molecule has 1 fully saturated rings. The van der Waals surface area contributed by atoms with Crippen molar-refractivity contribution in [1.82, 2.24) is 5.43 Å². The van der Waals surface area contributed by atoms with E-state index in [0.717, 1.165) is 42.5 Å². The van der Waals surface area contributed by atoms with Crippen molar-refractivity contribution < 1.29 is 9.59 Å². The van der Waals surface area contributed by atoms with Crippen molar-refractivity contribution in [3.05, 3.63) is 65.2 Å². The molecule has 5 nitrogen and oxygen atoms in total. The second-order valence-electron chi connectivity index (χ2n) is 7.36. The van der Waals surface area contributed by atoms with Gasteiger partial charge in [0.05, 0.1) is 5.71 Å². The molecule has 3 rings (SSSR count). The number of aryl methyl sites for hydroxylation is 1. The van der Waals surface area contributed by atoms with Crippen LogP contribution in [0.15, 0.2) is 53.6 Å². The quantitative estimate of drug-likeness (QED) is 0.587. The molecule has 5 heteroatoms. The zero-order valence-electron chi connectivity index (χ0n) is 16.5. The second kappa shape index (κ2) is 9.31. The fourth-order valence-corrected chi connectivity index (χ4v) is 3.52. The van der Waals surface area contributed by atoms with Crippen molar-refractivity contribution in [2.45, 2.75) is 46.0 Å². The Balaban J connectivity index is 1.65. The maximum absolute atomic E-state index is 12.5. The van der Waals surface area contributed by atoms with Gasteiger partial charge in [-0.2, -0.15) is 5.10 Å². The van der Waals surface area contributed by atoms with Crippen LogP contribution in [-0.2, 0) is 4.79 Å². The minimum Gasteiger partial charge on any atom is -0.326 e. The van der Waals surface area contributed by atoms with Gasteiger partial charge in [-0.15, -0.1) is 0 Å². The molecule has 2 aromatic carbocycles. The summed E-state index contributed by atoms with van der Waals surface area (Å²) in [4.78, 5) is 24.8. The van der Waals surface area contributed by atoms with Crippen LogP contribution in [0.3, 0.4) is 0 Å². The van der Waals surface area contributed by atoms with Crippen molar-refractivity contribution in [1.29, 1.82) is 0 Å².